The second-order valence-electron chi connectivity index (χ2n) is 6.20. The van der Waals surface area contributed by atoms with Gasteiger partial charge in [0.25, 0.3) is 5.91 Å². The molecule has 1 aromatic carbocycles. The van der Waals surface area contributed by atoms with Gasteiger partial charge in [-0.2, -0.15) is 5.10 Å². The van der Waals surface area contributed by atoms with E-state index in [9.17, 15) is 9.18 Å². The maximum atomic E-state index is 14.0. The van der Waals surface area contributed by atoms with E-state index in [1.807, 2.05) is 25.4 Å². The van der Waals surface area contributed by atoms with Gasteiger partial charge in [0.05, 0.1) is 29.7 Å². The van der Waals surface area contributed by atoms with Crippen LogP contribution >= 0.6 is 0 Å². The number of para-hydroxylation sites is 1. The van der Waals surface area contributed by atoms with E-state index < -0.39 is 5.82 Å². The number of carbonyl (C=O) groups excluding carboxylic acids is 1. The molecule has 0 saturated heterocycles. The highest BCUT2D eigenvalue weighted by Gasteiger charge is 2.17. The lowest BCUT2D eigenvalue weighted by Gasteiger charge is -2.06. The second-order valence-corrected chi connectivity index (χ2v) is 6.20. The fraction of sp³-hybridized carbons (Fsp3) is 0.158. The topological polar surface area (TPSA) is 77.1 Å². The van der Waals surface area contributed by atoms with Crippen molar-refractivity contribution >= 4 is 11.7 Å². The van der Waals surface area contributed by atoms with E-state index in [1.165, 1.54) is 16.9 Å². The minimum atomic E-state index is -0.400. The van der Waals surface area contributed by atoms with Gasteiger partial charge in [-0.25, -0.2) is 19.0 Å². The van der Waals surface area contributed by atoms with Crippen LogP contribution in [0.25, 0.3) is 11.5 Å². The molecule has 0 radical (unpaired) electrons. The van der Waals surface area contributed by atoms with Crippen molar-refractivity contribution in [2.24, 2.45) is 0 Å². The van der Waals surface area contributed by atoms with Crippen LogP contribution in [0, 0.1) is 19.7 Å². The molecular formula is C19H17FN6O. The summed E-state index contributed by atoms with van der Waals surface area (Å²) >= 11 is 0. The zero-order valence-electron chi connectivity index (χ0n) is 14.8. The van der Waals surface area contributed by atoms with Gasteiger partial charge >= 0.3 is 0 Å². The Kier molecular flexibility index (Phi) is 4.15. The molecule has 3 aromatic heterocycles. The summed E-state index contributed by atoms with van der Waals surface area (Å²) in [6, 6.07) is 8.18. The number of aryl methyl sites for hydroxylation is 1. The molecule has 0 aliphatic heterocycles. The quantitative estimate of drug-likeness (QED) is 0.604. The number of nitrogens with one attached hydrogen (secondary N) is 1. The van der Waals surface area contributed by atoms with Crippen molar-refractivity contribution in [3.8, 4) is 5.69 Å². The molecule has 8 heteroatoms. The SMILES string of the molecule is Cc1ccn2cc(CNC(=O)c3cnn(-c4ccccc4F)c3C)nc2n1. The Balaban J connectivity index is 1.52. The van der Waals surface area contributed by atoms with Crippen molar-refractivity contribution in [1.82, 2.24) is 29.5 Å². The number of halogens is 1. The molecule has 0 aliphatic rings. The molecule has 0 spiro atoms. The standard InChI is InChI=1S/C19H17FN6O/c1-12-7-8-25-11-14(24-19(25)23-12)9-21-18(27)15-10-22-26(13(15)2)17-6-4-3-5-16(17)20/h3-8,10-11H,9H2,1-2H3,(H,21,27). The van der Waals surface area contributed by atoms with Gasteiger partial charge in [-0.15, -0.1) is 0 Å². The minimum absolute atomic E-state index is 0.256. The molecule has 27 heavy (non-hydrogen) atoms. The molecule has 0 bridgehead atoms. The third-order valence-corrected chi connectivity index (χ3v) is 4.28. The van der Waals surface area contributed by atoms with Crippen molar-refractivity contribution in [1.29, 1.82) is 0 Å². The summed E-state index contributed by atoms with van der Waals surface area (Å²) in [6.45, 7) is 3.88. The van der Waals surface area contributed by atoms with Crippen molar-refractivity contribution in [3.05, 3.63) is 77.4 Å². The summed E-state index contributed by atoms with van der Waals surface area (Å²) < 4.78 is 17.2. The summed E-state index contributed by atoms with van der Waals surface area (Å²) in [7, 11) is 0. The zero-order valence-corrected chi connectivity index (χ0v) is 14.8. The van der Waals surface area contributed by atoms with E-state index in [2.05, 4.69) is 20.4 Å². The maximum absolute atomic E-state index is 14.0. The van der Waals surface area contributed by atoms with E-state index in [1.54, 1.807) is 29.5 Å². The number of fused-ring (bicyclic) bond motifs is 1. The van der Waals surface area contributed by atoms with Crippen LogP contribution in [0.2, 0.25) is 0 Å². The molecule has 0 atom stereocenters. The summed E-state index contributed by atoms with van der Waals surface area (Å²) in [6.07, 6.45) is 5.13. The Hall–Kier alpha value is -3.55. The fourth-order valence-electron chi connectivity index (χ4n) is 2.86. The lowest BCUT2D eigenvalue weighted by Crippen LogP contribution is -2.23. The third kappa shape index (κ3) is 3.17. The van der Waals surface area contributed by atoms with Crippen LogP contribution in [-0.4, -0.2) is 30.1 Å². The maximum Gasteiger partial charge on any atom is 0.255 e. The Labute approximate surface area is 154 Å². The minimum Gasteiger partial charge on any atom is -0.346 e. The van der Waals surface area contributed by atoms with Crippen LogP contribution in [0.15, 0.2) is 48.9 Å². The van der Waals surface area contributed by atoms with Crippen LogP contribution in [0.3, 0.4) is 0 Å². The molecule has 0 unspecified atom stereocenters. The smallest absolute Gasteiger partial charge is 0.255 e. The van der Waals surface area contributed by atoms with Gasteiger partial charge in [0, 0.05) is 18.1 Å². The molecule has 0 fully saturated rings. The lowest BCUT2D eigenvalue weighted by atomic mass is 10.2. The first-order chi connectivity index (χ1) is 13.0. The first kappa shape index (κ1) is 16.9. The summed E-state index contributed by atoms with van der Waals surface area (Å²) in [5, 5.41) is 6.97. The van der Waals surface area contributed by atoms with Gasteiger partial charge in [-0.3, -0.25) is 9.20 Å². The average Bonchev–Trinajstić information content (AvgIpc) is 3.23. The third-order valence-electron chi connectivity index (χ3n) is 4.28. The van der Waals surface area contributed by atoms with Crippen molar-refractivity contribution in [2.45, 2.75) is 20.4 Å². The highest BCUT2D eigenvalue weighted by molar-refractivity contribution is 5.95. The molecule has 0 aliphatic carbocycles. The first-order valence-corrected chi connectivity index (χ1v) is 8.42. The lowest BCUT2D eigenvalue weighted by molar-refractivity contribution is 0.0950. The molecule has 4 aromatic rings. The van der Waals surface area contributed by atoms with Crippen molar-refractivity contribution in [2.75, 3.05) is 0 Å². The summed E-state index contributed by atoms with van der Waals surface area (Å²) in [5.41, 5.74) is 2.82. The van der Waals surface area contributed by atoms with Crippen LogP contribution < -0.4 is 5.32 Å². The first-order valence-electron chi connectivity index (χ1n) is 8.42. The molecule has 136 valence electrons. The zero-order chi connectivity index (χ0) is 19.0. The Morgan fingerprint density at radius 1 is 1.19 bits per heavy atom. The molecule has 1 amide bonds. The predicted molar refractivity (Wildman–Crippen MR) is 97.2 cm³/mol. The molecule has 0 saturated carbocycles. The molecular weight excluding hydrogens is 347 g/mol. The number of carbonyl (C=O) groups is 1. The van der Waals surface area contributed by atoms with Gasteiger partial charge in [0.1, 0.15) is 11.5 Å². The number of rotatable bonds is 4. The molecule has 7 nitrogen and oxygen atoms in total. The molecule has 3 heterocycles. The van der Waals surface area contributed by atoms with E-state index in [-0.39, 0.29) is 12.5 Å². The highest BCUT2D eigenvalue weighted by Crippen LogP contribution is 2.17. The van der Waals surface area contributed by atoms with E-state index in [4.69, 9.17) is 0 Å². The largest absolute Gasteiger partial charge is 0.346 e. The normalized spacial score (nSPS) is 11.1. The molecule has 1 N–H and O–H groups in total. The number of benzene rings is 1. The van der Waals surface area contributed by atoms with E-state index in [0.29, 0.717) is 28.4 Å². The van der Waals surface area contributed by atoms with Gasteiger partial charge < -0.3 is 5.32 Å². The Morgan fingerprint density at radius 3 is 2.81 bits per heavy atom. The van der Waals surface area contributed by atoms with Crippen molar-refractivity contribution < 1.29 is 9.18 Å². The summed E-state index contributed by atoms with van der Waals surface area (Å²) in [4.78, 5) is 21.3. The van der Waals surface area contributed by atoms with Gasteiger partial charge in [-0.05, 0) is 32.0 Å². The predicted octanol–water partition coefficient (Wildman–Crippen LogP) is 2.60. The van der Waals surface area contributed by atoms with Crippen LogP contribution in [-0.2, 0) is 6.54 Å². The number of aromatic nitrogens is 5. The number of nitrogens with zero attached hydrogens (tertiary/aromatic N) is 5. The van der Waals surface area contributed by atoms with Gasteiger partial charge in [-0.1, -0.05) is 12.1 Å². The highest BCUT2D eigenvalue weighted by atomic mass is 19.1. The van der Waals surface area contributed by atoms with E-state index in [0.717, 1.165) is 5.69 Å². The number of imidazole rings is 1. The van der Waals surface area contributed by atoms with Crippen LogP contribution in [0.1, 0.15) is 27.4 Å². The van der Waals surface area contributed by atoms with E-state index >= 15 is 0 Å². The monoisotopic (exact) mass is 364 g/mol. The number of amides is 1. The van der Waals surface area contributed by atoms with Gasteiger partial charge in [0.15, 0.2) is 0 Å². The van der Waals surface area contributed by atoms with Crippen LogP contribution in [0.4, 0.5) is 4.39 Å². The van der Waals surface area contributed by atoms with Gasteiger partial charge in [0.2, 0.25) is 5.78 Å². The Morgan fingerprint density at radius 2 is 2.00 bits per heavy atom. The summed E-state index contributed by atoms with van der Waals surface area (Å²) in [5.74, 6) is -0.109. The number of hydrogen-bond acceptors (Lipinski definition) is 4. The second kappa shape index (κ2) is 6.64. The van der Waals surface area contributed by atoms with Crippen LogP contribution in [0.5, 0.6) is 0 Å². The number of hydrogen-bond donors (Lipinski definition) is 1. The molecule has 4 rings (SSSR count). The Bertz CT molecular complexity index is 1150. The fourth-order valence-corrected chi connectivity index (χ4v) is 2.86. The average molecular weight is 364 g/mol. The van der Waals surface area contributed by atoms with Crippen molar-refractivity contribution in [3.63, 3.8) is 0 Å².